The van der Waals surface area contributed by atoms with Crippen molar-refractivity contribution in [3.05, 3.63) is 78.5 Å². The van der Waals surface area contributed by atoms with E-state index in [-0.39, 0.29) is 5.56 Å². The molecule has 0 aliphatic heterocycles. The van der Waals surface area contributed by atoms with Gasteiger partial charge >= 0.3 is 0 Å². The Morgan fingerprint density at radius 1 is 1.08 bits per heavy atom. The van der Waals surface area contributed by atoms with Gasteiger partial charge in [-0.15, -0.1) is 10.2 Å². The molecule has 24 heavy (non-hydrogen) atoms. The lowest BCUT2D eigenvalue weighted by atomic mass is 10.2. The third-order valence-electron chi connectivity index (χ3n) is 3.54. The van der Waals surface area contributed by atoms with E-state index in [0.29, 0.717) is 20.3 Å². The lowest BCUT2D eigenvalue weighted by Gasteiger charge is -1.97. The van der Waals surface area contributed by atoms with Gasteiger partial charge in [0, 0.05) is 15.1 Å². The predicted octanol–water partition coefficient (Wildman–Crippen LogP) is 3.78. The molecule has 0 spiro atoms. The lowest BCUT2D eigenvalue weighted by molar-refractivity contribution is 1.09. The summed E-state index contributed by atoms with van der Waals surface area (Å²) in [7, 11) is 0. The number of halogens is 2. The smallest absolute Gasteiger partial charge is 0.267 e. The molecule has 2 aromatic carbocycles. The zero-order valence-corrected chi connectivity index (χ0v) is 15.3. The highest BCUT2D eigenvalue weighted by molar-refractivity contribution is 9.10. The molecule has 0 N–H and O–H groups in total. The minimum Gasteiger partial charge on any atom is -0.267 e. The van der Waals surface area contributed by atoms with Gasteiger partial charge in [0.25, 0.3) is 5.56 Å². The van der Waals surface area contributed by atoms with Crippen LogP contribution in [0, 0.1) is 0 Å². The predicted molar refractivity (Wildman–Crippen MR) is 101 cm³/mol. The molecule has 0 fully saturated rings. The minimum absolute atomic E-state index is 0.124. The second-order valence-electron chi connectivity index (χ2n) is 5.09. The molecule has 118 valence electrons. The van der Waals surface area contributed by atoms with Crippen molar-refractivity contribution in [2.24, 2.45) is 0 Å². The second-order valence-corrected chi connectivity index (χ2v) is 7.39. The van der Waals surface area contributed by atoms with Crippen molar-refractivity contribution in [2.45, 2.75) is 0 Å². The first-order valence-electron chi connectivity index (χ1n) is 7.03. The van der Waals surface area contributed by atoms with Gasteiger partial charge in [0.05, 0.1) is 4.53 Å². The number of rotatable bonds is 2. The Labute approximate surface area is 154 Å². The summed E-state index contributed by atoms with van der Waals surface area (Å²) in [5.74, 6) is 0.523. The fourth-order valence-electron chi connectivity index (χ4n) is 2.38. The summed E-state index contributed by atoms with van der Waals surface area (Å²) >= 11 is 10.7. The number of thiazole rings is 1. The highest BCUT2D eigenvalue weighted by Crippen LogP contribution is 2.20. The Balaban J connectivity index is 1.93. The van der Waals surface area contributed by atoms with Crippen molar-refractivity contribution in [3.63, 3.8) is 0 Å². The summed E-state index contributed by atoms with van der Waals surface area (Å²) in [5.41, 5.74) is 1.62. The van der Waals surface area contributed by atoms with Crippen LogP contribution in [0.4, 0.5) is 0 Å². The van der Waals surface area contributed by atoms with E-state index in [0.717, 1.165) is 15.6 Å². The molecule has 2 aromatic heterocycles. The van der Waals surface area contributed by atoms with Crippen LogP contribution in [0.15, 0.2) is 57.8 Å². The molecule has 7 heteroatoms. The maximum atomic E-state index is 12.8. The van der Waals surface area contributed by atoms with Gasteiger partial charge in [-0.1, -0.05) is 57.1 Å². The molecular formula is C17H9BrClN3OS. The molecule has 0 aliphatic carbocycles. The first-order valence-corrected chi connectivity index (χ1v) is 9.02. The number of hydrogen-bond acceptors (Lipinski definition) is 4. The standard InChI is InChI=1S/C17H9BrClN3OS/c18-13-4-2-1-3-11(13)9-14-16(23)22-15(20-21-17(22)24-14)10-5-7-12(19)8-6-10/h1-9H/b14-9-. The monoisotopic (exact) mass is 417 g/mol. The van der Waals surface area contributed by atoms with Gasteiger partial charge in [-0.05, 0) is 42.0 Å². The zero-order valence-electron chi connectivity index (χ0n) is 12.1. The molecule has 0 saturated heterocycles. The summed E-state index contributed by atoms with van der Waals surface area (Å²) in [6.07, 6.45) is 1.86. The highest BCUT2D eigenvalue weighted by Gasteiger charge is 2.14. The Kier molecular flexibility index (Phi) is 3.96. The minimum atomic E-state index is -0.124. The van der Waals surface area contributed by atoms with E-state index < -0.39 is 0 Å². The van der Waals surface area contributed by atoms with Crippen LogP contribution in [-0.4, -0.2) is 14.6 Å². The summed E-state index contributed by atoms with van der Waals surface area (Å²) in [5, 5.41) is 8.90. The summed E-state index contributed by atoms with van der Waals surface area (Å²) in [4.78, 5) is 13.4. The van der Waals surface area contributed by atoms with Crippen LogP contribution in [0.3, 0.4) is 0 Å². The van der Waals surface area contributed by atoms with Crippen LogP contribution in [-0.2, 0) is 0 Å². The van der Waals surface area contributed by atoms with E-state index in [2.05, 4.69) is 26.1 Å². The van der Waals surface area contributed by atoms with Crippen LogP contribution in [0.1, 0.15) is 5.56 Å². The molecule has 4 aromatic rings. The van der Waals surface area contributed by atoms with E-state index in [1.165, 1.54) is 15.7 Å². The van der Waals surface area contributed by atoms with Crippen molar-refractivity contribution < 1.29 is 0 Å². The van der Waals surface area contributed by atoms with Gasteiger partial charge in [-0.3, -0.25) is 4.79 Å². The van der Waals surface area contributed by atoms with Crippen molar-refractivity contribution in [1.29, 1.82) is 0 Å². The number of aromatic nitrogens is 3. The maximum Gasteiger partial charge on any atom is 0.276 e. The van der Waals surface area contributed by atoms with Gasteiger partial charge in [-0.2, -0.15) is 0 Å². The van der Waals surface area contributed by atoms with E-state index in [1.807, 2.05) is 42.5 Å². The number of hydrogen-bond donors (Lipinski definition) is 0. The molecule has 4 nitrogen and oxygen atoms in total. The number of nitrogens with zero attached hydrogens (tertiary/aromatic N) is 3. The Bertz CT molecular complexity index is 1150. The van der Waals surface area contributed by atoms with E-state index >= 15 is 0 Å². The van der Waals surface area contributed by atoms with Crippen LogP contribution >= 0.6 is 38.9 Å². The second kappa shape index (κ2) is 6.12. The van der Waals surface area contributed by atoms with Crippen LogP contribution in [0.25, 0.3) is 22.4 Å². The molecule has 0 unspecified atom stereocenters. The van der Waals surface area contributed by atoms with E-state index in [1.54, 1.807) is 12.1 Å². The average molecular weight is 419 g/mol. The normalized spacial score (nSPS) is 12.2. The third kappa shape index (κ3) is 2.66. The quantitative estimate of drug-likeness (QED) is 0.498. The zero-order chi connectivity index (χ0) is 16.7. The van der Waals surface area contributed by atoms with Gasteiger partial charge in [0.1, 0.15) is 0 Å². The van der Waals surface area contributed by atoms with Crippen molar-refractivity contribution in [2.75, 3.05) is 0 Å². The SMILES string of the molecule is O=c1/c(=C/c2ccccc2Br)sc2nnc(-c3ccc(Cl)cc3)n12. The molecule has 0 bridgehead atoms. The van der Waals surface area contributed by atoms with Crippen molar-refractivity contribution in [1.82, 2.24) is 14.6 Å². The first kappa shape index (κ1) is 15.5. The molecule has 4 rings (SSSR count). The van der Waals surface area contributed by atoms with E-state index in [4.69, 9.17) is 11.6 Å². The third-order valence-corrected chi connectivity index (χ3v) is 5.48. The molecule has 0 amide bonds. The first-order chi connectivity index (χ1) is 11.6. The van der Waals surface area contributed by atoms with E-state index in [9.17, 15) is 4.79 Å². The largest absolute Gasteiger partial charge is 0.276 e. The fraction of sp³-hybridized carbons (Fsp3) is 0. The summed E-state index contributed by atoms with van der Waals surface area (Å²) in [6.45, 7) is 0. The van der Waals surface area contributed by atoms with Crippen LogP contribution in [0.5, 0.6) is 0 Å². The average Bonchev–Trinajstić information content (AvgIpc) is 3.12. The summed E-state index contributed by atoms with van der Waals surface area (Å²) in [6, 6.07) is 14.9. The van der Waals surface area contributed by atoms with Crippen molar-refractivity contribution in [3.8, 4) is 11.4 Å². The lowest BCUT2D eigenvalue weighted by Crippen LogP contribution is -2.23. The number of fused-ring (bicyclic) bond motifs is 1. The molecule has 0 radical (unpaired) electrons. The highest BCUT2D eigenvalue weighted by atomic mass is 79.9. The topological polar surface area (TPSA) is 47.3 Å². The Morgan fingerprint density at radius 3 is 2.58 bits per heavy atom. The molecule has 0 atom stereocenters. The molecular weight excluding hydrogens is 410 g/mol. The van der Waals surface area contributed by atoms with Gasteiger partial charge in [-0.25, -0.2) is 4.40 Å². The Hall–Kier alpha value is -2.02. The number of benzene rings is 2. The molecule has 0 saturated carbocycles. The Morgan fingerprint density at radius 2 is 1.83 bits per heavy atom. The van der Waals surface area contributed by atoms with Crippen molar-refractivity contribution >= 4 is 49.9 Å². The molecule has 0 aliphatic rings. The van der Waals surface area contributed by atoms with Gasteiger partial charge < -0.3 is 0 Å². The van der Waals surface area contributed by atoms with Crippen LogP contribution < -0.4 is 10.1 Å². The van der Waals surface area contributed by atoms with Crippen LogP contribution in [0.2, 0.25) is 5.02 Å². The van der Waals surface area contributed by atoms with Gasteiger partial charge in [0.2, 0.25) is 4.96 Å². The molecule has 2 heterocycles. The summed E-state index contributed by atoms with van der Waals surface area (Å²) < 4.78 is 3.09. The van der Waals surface area contributed by atoms with Gasteiger partial charge in [0.15, 0.2) is 5.82 Å². The fourth-order valence-corrected chi connectivity index (χ4v) is 3.81. The maximum absolute atomic E-state index is 12.8.